The van der Waals surface area contributed by atoms with E-state index in [4.69, 9.17) is 4.42 Å². The molecule has 0 radical (unpaired) electrons. The molecular weight excluding hydrogens is 314 g/mol. The van der Waals surface area contributed by atoms with Gasteiger partial charge in [-0.3, -0.25) is 14.7 Å². The fraction of sp³-hybridized carbons (Fsp3) is 0.500. The number of likely N-dealkylation sites (tertiary alicyclic amines) is 1. The Morgan fingerprint density at radius 2 is 2.08 bits per heavy atom. The summed E-state index contributed by atoms with van der Waals surface area (Å²) < 4.78 is 5.83. The Labute approximate surface area is 148 Å². The fourth-order valence-electron chi connectivity index (χ4n) is 4.12. The summed E-state index contributed by atoms with van der Waals surface area (Å²) in [4.78, 5) is 19.1. The van der Waals surface area contributed by atoms with Gasteiger partial charge in [0.1, 0.15) is 11.5 Å². The molecule has 0 unspecified atom stereocenters. The van der Waals surface area contributed by atoms with E-state index in [1.807, 2.05) is 18.3 Å². The zero-order chi connectivity index (χ0) is 17.3. The number of pyridine rings is 1. The van der Waals surface area contributed by atoms with Gasteiger partial charge in [-0.15, -0.1) is 0 Å². The van der Waals surface area contributed by atoms with Gasteiger partial charge in [-0.2, -0.15) is 0 Å². The van der Waals surface area contributed by atoms with E-state index in [-0.39, 0.29) is 17.4 Å². The molecule has 4 heterocycles. The SMILES string of the molecule is CCc1ccc(CN2CCC3(CC2)C[C@@H](c2cccnc2)C(=O)N3)o1. The van der Waals surface area contributed by atoms with Crippen molar-refractivity contribution in [2.45, 2.75) is 50.6 Å². The van der Waals surface area contributed by atoms with Crippen LogP contribution in [0.25, 0.3) is 0 Å². The standard InChI is InChI=1S/C20H25N3O2/c1-2-16-5-6-17(25-16)14-23-10-7-20(8-11-23)12-18(19(24)22-20)15-4-3-9-21-13-15/h3-6,9,13,18H,2,7-8,10-12,14H2,1H3,(H,22,24)/t18-/m0/s1. The maximum atomic E-state index is 12.5. The van der Waals surface area contributed by atoms with E-state index in [0.717, 1.165) is 62.4 Å². The Morgan fingerprint density at radius 3 is 2.76 bits per heavy atom. The van der Waals surface area contributed by atoms with E-state index < -0.39 is 0 Å². The predicted molar refractivity (Wildman–Crippen MR) is 95.1 cm³/mol. The van der Waals surface area contributed by atoms with E-state index in [1.165, 1.54) is 0 Å². The van der Waals surface area contributed by atoms with Gasteiger partial charge in [0.25, 0.3) is 0 Å². The summed E-state index contributed by atoms with van der Waals surface area (Å²) in [6, 6.07) is 8.06. The molecule has 0 aromatic carbocycles. The number of hydrogen-bond acceptors (Lipinski definition) is 4. The second kappa shape index (κ2) is 6.64. The summed E-state index contributed by atoms with van der Waals surface area (Å²) in [5.41, 5.74) is 0.980. The highest BCUT2D eigenvalue weighted by molar-refractivity contribution is 5.87. The first-order valence-corrected chi connectivity index (χ1v) is 9.19. The van der Waals surface area contributed by atoms with Gasteiger partial charge >= 0.3 is 0 Å². The molecule has 2 aliphatic rings. The molecule has 2 aliphatic heterocycles. The Balaban J connectivity index is 1.37. The molecule has 2 aromatic rings. The van der Waals surface area contributed by atoms with Crippen LogP contribution in [0.1, 0.15) is 49.2 Å². The minimum atomic E-state index is -0.0579. The smallest absolute Gasteiger partial charge is 0.228 e. The number of nitrogens with one attached hydrogen (secondary N) is 1. The minimum Gasteiger partial charge on any atom is -0.465 e. The van der Waals surface area contributed by atoms with Gasteiger partial charge in [0.15, 0.2) is 0 Å². The summed E-state index contributed by atoms with van der Waals surface area (Å²) in [6.07, 6.45) is 7.38. The maximum absolute atomic E-state index is 12.5. The van der Waals surface area contributed by atoms with Crippen molar-refractivity contribution >= 4 is 5.91 Å². The number of piperidine rings is 1. The molecule has 25 heavy (non-hydrogen) atoms. The van der Waals surface area contributed by atoms with Gasteiger partial charge < -0.3 is 9.73 Å². The van der Waals surface area contributed by atoms with Crippen molar-refractivity contribution in [1.82, 2.24) is 15.2 Å². The number of carbonyl (C=O) groups is 1. The summed E-state index contributed by atoms with van der Waals surface area (Å²) in [5, 5.41) is 3.30. The van der Waals surface area contributed by atoms with Crippen LogP contribution in [0.2, 0.25) is 0 Å². The van der Waals surface area contributed by atoms with Crippen molar-refractivity contribution in [3.05, 3.63) is 53.7 Å². The lowest BCUT2D eigenvalue weighted by Gasteiger charge is -2.39. The quantitative estimate of drug-likeness (QED) is 0.930. The van der Waals surface area contributed by atoms with E-state index in [9.17, 15) is 4.79 Å². The Hall–Kier alpha value is -2.14. The zero-order valence-corrected chi connectivity index (χ0v) is 14.7. The van der Waals surface area contributed by atoms with E-state index in [2.05, 4.69) is 34.3 Å². The molecule has 4 rings (SSSR count). The predicted octanol–water partition coefficient (Wildman–Crippen LogP) is 2.88. The third-order valence-corrected chi connectivity index (χ3v) is 5.64. The fourth-order valence-corrected chi connectivity index (χ4v) is 4.12. The number of nitrogens with zero attached hydrogens (tertiary/aromatic N) is 2. The summed E-state index contributed by atoms with van der Waals surface area (Å²) in [5.74, 6) is 2.18. The number of carbonyl (C=O) groups excluding carboxylic acids is 1. The number of rotatable bonds is 4. The lowest BCUT2D eigenvalue weighted by atomic mass is 9.82. The lowest BCUT2D eigenvalue weighted by molar-refractivity contribution is -0.121. The molecule has 1 amide bonds. The van der Waals surface area contributed by atoms with Crippen molar-refractivity contribution in [1.29, 1.82) is 0 Å². The summed E-state index contributed by atoms with van der Waals surface area (Å²) >= 11 is 0. The molecule has 1 atom stereocenters. The lowest BCUT2D eigenvalue weighted by Crippen LogP contribution is -2.50. The van der Waals surface area contributed by atoms with Crippen LogP contribution >= 0.6 is 0 Å². The zero-order valence-electron chi connectivity index (χ0n) is 14.7. The molecule has 0 aliphatic carbocycles. The summed E-state index contributed by atoms with van der Waals surface area (Å²) in [7, 11) is 0. The van der Waals surface area contributed by atoms with Crippen LogP contribution in [0.3, 0.4) is 0 Å². The van der Waals surface area contributed by atoms with Crippen LogP contribution in [-0.2, 0) is 17.8 Å². The third-order valence-electron chi connectivity index (χ3n) is 5.64. The molecule has 132 valence electrons. The number of aromatic nitrogens is 1. The van der Waals surface area contributed by atoms with Crippen molar-refractivity contribution in [3.63, 3.8) is 0 Å². The first kappa shape index (κ1) is 16.3. The molecule has 2 aromatic heterocycles. The largest absolute Gasteiger partial charge is 0.465 e. The third kappa shape index (κ3) is 3.33. The molecule has 5 heteroatoms. The van der Waals surface area contributed by atoms with Crippen molar-refractivity contribution < 1.29 is 9.21 Å². The van der Waals surface area contributed by atoms with Gasteiger partial charge in [0, 0.05) is 37.4 Å². The van der Waals surface area contributed by atoms with Crippen molar-refractivity contribution in [3.8, 4) is 0 Å². The van der Waals surface area contributed by atoms with Gasteiger partial charge in [-0.25, -0.2) is 0 Å². The highest BCUT2D eigenvalue weighted by atomic mass is 16.3. The highest BCUT2D eigenvalue weighted by Gasteiger charge is 2.46. The Bertz CT molecular complexity index is 732. The van der Waals surface area contributed by atoms with Gasteiger partial charge in [0.05, 0.1) is 12.5 Å². The van der Waals surface area contributed by atoms with Crippen LogP contribution in [0.5, 0.6) is 0 Å². The monoisotopic (exact) mass is 339 g/mol. The van der Waals surface area contributed by atoms with E-state index >= 15 is 0 Å². The topological polar surface area (TPSA) is 58.4 Å². The normalized spacial score (nSPS) is 23.1. The second-order valence-corrected chi connectivity index (χ2v) is 7.31. The first-order chi connectivity index (χ1) is 12.2. The average Bonchev–Trinajstić information content (AvgIpc) is 3.22. The van der Waals surface area contributed by atoms with Gasteiger partial charge in [0.2, 0.25) is 5.91 Å². The highest BCUT2D eigenvalue weighted by Crippen LogP contribution is 2.39. The molecule has 1 N–H and O–H groups in total. The molecule has 0 bridgehead atoms. The summed E-state index contributed by atoms with van der Waals surface area (Å²) in [6.45, 7) is 4.94. The average molecular weight is 339 g/mol. The van der Waals surface area contributed by atoms with E-state index in [0.29, 0.717) is 0 Å². The van der Waals surface area contributed by atoms with Gasteiger partial charge in [-0.1, -0.05) is 13.0 Å². The molecular formula is C20H25N3O2. The van der Waals surface area contributed by atoms with Crippen LogP contribution in [-0.4, -0.2) is 34.4 Å². The van der Waals surface area contributed by atoms with Crippen LogP contribution in [0, 0.1) is 0 Å². The Kier molecular flexibility index (Phi) is 4.34. The van der Waals surface area contributed by atoms with Crippen LogP contribution < -0.4 is 5.32 Å². The molecule has 5 nitrogen and oxygen atoms in total. The number of amides is 1. The number of furan rings is 1. The Morgan fingerprint density at radius 1 is 1.28 bits per heavy atom. The minimum absolute atomic E-state index is 0.0498. The van der Waals surface area contributed by atoms with Crippen LogP contribution in [0.15, 0.2) is 41.1 Å². The number of hydrogen-bond donors (Lipinski definition) is 1. The molecule has 2 saturated heterocycles. The first-order valence-electron chi connectivity index (χ1n) is 9.19. The molecule has 1 spiro atoms. The molecule has 0 saturated carbocycles. The second-order valence-electron chi connectivity index (χ2n) is 7.31. The van der Waals surface area contributed by atoms with Crippen LogP contribution in [0.4, 0.5) is 0 Å². The van der Waals surface area contributed by atoms with Crippen molar-refractivity contribution in [2.24, 2.45) is 0 Å². The molecule has 2 fully saturated rings. The van der Waals surface area contributed by atoms with Crippen molar-refractivity contribution in [2.75, 3.05) is 13.1 Å². The van der Waals surface area contributed by atoms with Gasteiger partial charge in [-0.05, 0) is 43.0 Å². The van der Waals surface area contributed by atoms with E-state index in [1.54, 1.807) is 6.20 Å². The number of aryl methyl sites for hydroxylation is 1. The maximum Gasteiger partial charge on any atom is 0.228 e.